The summed E-state index contributed by atoms with van der Waals surface area (Å²) in [6.45, 7) is 1.44. The van der Waals surface area contributed by atoms with Crippen LogP contribution >= 0.6 is 0 Å². The Morgan fingerprint density at radius 1 is 1.55 bits per heavy atom. The van der Waals surface area contributed by atoms with E-state index in [0.29, 0.717) is 13.2 Å². The molecule has 0 N–H and O–H groups in total. The Kier molecular flexibility index (Phi) is 5.11. The number of hydrogen-bond acceptors (Lipinski definition) is 6. The minimum Gasteiger partial charge on any atom is -0.469 e. The van der Waals surface area contributed by atoms with E-state index in [-0.39, 0.29) is 36.6 Å². The molecule has 0 bridgehead atoms. The van der Waals surface area contributed by atoms with Crippen LogP contribution in [-0.4, -0.2) is 54.8 Å². The van der Waals surface area contributed by atoms with E-state index in [0.717, 1.165) is 12.8 Å². The number of methoxy groups -OCH3 is 1. The lowest BCUT2D eigenvalue weighted by Crippen LogP contribution is -2.39. The van der Waals surface area contributed by atoms with Gasteiger partial charge in [0.15, 0.2) is 5.69 Å². The SMILES string of the molecule is COC(=O)CCN(CC1CCCO1)C(=O)c1ccon1. The Morgan fingerprint density at radius 2 is 2.40 bits per heavy atom. The molecule has 1 aliphatic rings. The molecule has 2 heterocycles. The van der Waals surface area contributed by atoms with Gasteiger partial charge in [-0.15, -0.1) is 0 Å². The van der Waals surface area contributed by atoms with Crippen LogP contribution in [0.5, 0.6) is 0 Å². The fraction of sp³-hybridized carbons (Fsp3) is 0.615. The van der Waals surface area contributed by atoms with E-state index in [4.69, 9.17) is 4.74 Å². The van der Waals surface area contributed by atoms with Crippen LogP contribution < -0.4 is 0 Å². The fourth-order valence-electron chi connectivity index (χ4n) is 2.12. The summed E-state index contributed by atoms with van der Waals surface area (Å²) >= 11 is 0. The van der Waals surface area contributed by atoms with Gasteiger partial charge in [-0.3, -0.25) is 9.59 Å². The van der Waals surface area contributed by atoms with Gasteiger partial charge in [0.05, 0.1) is 19.6 Å². The number of esters is 1. The quantitative estimate of drug-likeness (QED) is 0.720. The Balaban J connectivity index is 1.98. The summed E-state index contributed by atoms with van der Waals surface area (Å²) in [4.78, 5) is 25.1. The maximum Gasteiger partial charge on any atom is 0.307 e. The molecule has 2 rings (SSSR count). The average Bonchev–Trinajstić information content (AvgIpc) is 3.14. The number of nitrogens with zero attached hydrogens (tertiary/aromatic N) is 2. The average molecular weight is 282 g/mol. The van der Waals surface area contributed by atoms with Crippen LogP contribution in [0.3, 0.4) is 0 Å². The fourth-order valence-corrected chi connectivity index (χ4v) is 2.12. The van der Waals surface area contributed by atoms with Crippen molar-refractivity contribution in [3.63, 3.8) is 0 Å². The van der Waals surface area contributed by atoms with Crippen LogP contribution in [0.2, 0.25) is 0 Å². The molecule has 1 saturated heterocycles. The van der Waals surface area contributed by atoms with Crippen molar-refractivity contribution in [3.8, 4) is 0 Å². The van der Waals surface area contributed by atoms with Crippen molar-refractivity contribution in [3.05, 3.63) is 18.0 Å². The van der Waals surface area contributed by atoms with Gasteiger partial charge in [-0.25, -0.2) is 0 Å². The highest BCUT2D eigenvalue weighted by atomic mass is 16.5. The zero-order chi connectivity index (χ0) is 14.4. The van der Waals surface area contributed by atoms with Crippen LogP contribution in [0.4, 0.5) is 0 Å². The molecule has 1 unspecified atom stereocenters. The molecule has 1 aromatic rings. The summed E-state index contributed by atoms with van der Waals surface area (Å²) in [6.07, 6.45) is 3.42. The number of carbonyl (C=O) groups is 2. The van der Waals surface area contributed by atoms with Gasteiger partial charge in [-0.05, 0) is 12.8 Å². The van der Waals surface area contributed by atoms with Crippen molar-refractivity contribution >= 4 is 11.9 Å². The summed E-state index contributed by atoms with van der Waals surface area (Å²) in [7, 11) is 1.33. The molecule has 1 amide bonds. The third kappa shape index (κ3) is 3.80. The lowest BCUT2D eigenvalue weighted by molar-refractivity contribution is -0.140. The molecule has 0 saturated carbocycles. The summed E-state index contributed by atoms with van der Waals surface area (Å²) in [6, 6.07) is 1.50. The zero-order valence-electron chi connectivity index (χ0n) is 11.4. The van der Waals surface area contributed by atoms with E-state index in [1.807, 2.05) is 0 Å². The second-order valence-electron chi connectivity index (χ2n) is 4.60. The number of rotatable bonds is 6. The second-order valence-corrected chi connectivity index (χ2v) is 4.60. The van der Waals surface area contributed by atoms with Crippen molar-refractivity contribution in [2.45, 2.75) is 25.4 Å². The van der Waals surface area contributed by atoms with E-state index >= 15 is 0 Å². The molecule has 1 fully saturated rings. The molecular weight excluding hydrogens is 264 g/mol. The van der Waals surface area contributed by atoms with E-state index in [9.17, 15) is 9.59 Å². The highest BCUT2D eigenvalue weighted by Crippen LogP contribution is 2.15. The Bertz CT molecular complexity index is 440. The van der Waals surface area contributed by atoms with Gasteiger partial charge in [0.25, 0.3) is 5.91 Å². The van der Waals surface area contributed by atoms with E-state index in [2.05, 4.69) is 14.4 Å². The lowest BCUT2D eigenvalue weighted by Gasteiger charge is -2.24. The van der Waals surface area contributed by atoms with Crippen molar-refractivity contribution in [2.24, 2.45) is 0 Å². The van der Waals surface area contributed by atoms with Crippen molar-refractivity contribution < 1.29 is 23.6 Å². The molecule has 7 heteroatoms. The molecule has 1 aromatic heterocycles. The molecule has 7 nitrogen and oxygen atoms in total. The van der Waals surface area contributed by atoms with Gasteiger partial charge >= 0.3 is 5.97 Å². The number of ether oxygens (including phenoxy) is 2. The van der Waals surface area contributed by atoms with Crippen LogP contribution in [-0.2, 0) is 14.3 Å². The van der Waals surface area contributed by atoms with Crippen molar-refractivity contribution in [2.75, 3.05) is 26.8 Å². The number of carbonyl (C=O) groups excluding carboxylic acids is 2. The summed E-state index contributed by atoms with van der Waals surface area (Å²) in [5.74, 6) is -0.617. The summed E-state index contributed by atoms with van der Waals surface area (Å²) in [5, 5.41) is 3.64. The van der Waals surface area contributed by atoms with E-state index < -0.39 is 0 Å². The Hall–Kier alpha value is -1.89. The van der Waals surface area contributed by atoms with Gasteiger partial charge in [-0.2, -0.15) is 0 Å². The van der Waals surface area contributed by atoms with Crippen molar-refractivity contribution in [1.29, 1.82) is 0 Å². The molecule has 20 heavy (non-hydrogen) atoms. The molecule has 1 aliphatic heterocycles. The molecule has 110 valence electrons. The molecule has 1 atom stereocenters. The standard InChI is InChI=1S/C13H18N2O5/c1-18-12(16)4-6-15(9-10-3-2-7-19-10)13(17)11-5-8-20-14-11/h5,8,10H,2-4,6-7,9H2,1H3. The molecule has 0 aliphatic carbocycles. The third-order valence-corrected chi connectivity index (χ3v) is 3.21. The maximum absolute atomic E-state index is 12.3. The van der Waals surface area contributed by atoms with E-state index in [1.54, 1.807) is 4.90 Å². The number of amides is 1. The third-order valence-electron chi connectivity index (χ3n) is 3.21. The maximum atomic E-state index is 12.3. The molecule has 0 aromatic carbocycles. The topological polar surface area (TPSA) is 81.9 Å². The molecule has 0 radical (unpaired) electrons. The molecule has 0 spiro atoms. The highest BCUT2D eigenvalue weighted by molar-refractivity contribution is 5.92. The zero-order valence-corrected chi connectivity index (χ0v) is 11.4. The predicted octanol–water partition coefficient (Wildman–Crippen LogP) is 0.859. The first kappa shape index (κ1) is 14.5. The number of hydrogen-bond donors (Lipinski definition) is 0. The Labute approximate surface area is 116 Å². The first-order valence-corrected chi connectivity index (χ1v) is 6.59. The minimum absolute atomic E-state index is 0.0171. The first-order valence-electron chi connectivity index (χ1n) is 6.59. The predicted molar refractivity (Wildman–Crippen MR) is 68.0 cm³/mol. The van der Waals surface area contributed by atoms with Gasteiger partial charge < -0.3 is 18.9 Å². The highest BCUT2D eigenvalue weighted by Gasteiger charge is 2.25. The normalized spacial score (nSPS) is 17.9. The van der Waals surface area contributed by atoms with Gasteiger partial charge in [0, 0.05) is 25.8 Å². The first-order chi connectivity index (χ1) is 9.70. The van der Waals surface area contributed by atoms with E-state index in [1.165, 1.54) is 19.4 Å². The van der Waals surface area contributed by atoms with Crippen LogP contribution in [0.25, 0.3) is 0 Å². The van der Waals surface area contributed by atoms with Crippen LogP contribution in [0.1, 0.15) is 29.8 Å². The smallest absolute Gasteiger partial charge is 0.307 e. The van der Waals surface area contributed by atoms with Crippen molar-refractivity contribution in [1.82, 2.24) is 10.1 Å². The monoisotopic (exact) mass is 282 g/mol. The number of aromatic nitrogens is 1. The Morgan fingerprint density at radius 3 is 3.00 bits per heavy atom. The lowest BCUT2D eigenvalue weighted by atomic mass is 10.2. The summed E-state index contributed by atoms with van der Waals surface area (Å²) in [5.41, 5.74) is 0.230. The largest absolute Gasteiger partial charge is 0.469 e. The molecular formula is C13H18N2O5. The minimum atomic E-state index is -0.352. The van der Waals surface area contributed by atoms with Gasteiger partial charge in [0.1, 0.15) is 6.26 Å². The second kappa shape index (κ2) is 7.04. The van der Waals surface area contributed by atoms with Crippen LogP contribution in [0, 0.1) is 0 Å². The van der Waals surface area contributed by atoms with Crippen LogP contribution in [0.15, 0.2) is 16.9 Å². The van der Waals surface area contributed by atoms with Gasteiger partial charge in [0.2, 0.25) is 0 Å². The summed E-state index contributed by atoms with van der Waals surface area (Å²) < 4.78 is 14.8. The van der Waals surface area contributed by atoms with Gasteiger partial charge in [-0.1, -0.05) is 5.16 Å².